The molecule has 0 unspecified atom stereocenters. The van der Waals surface area contributed by atoms with Crippen LogP contribution in [0.3, 0.4) is 0 Å². The van der Waals surface area contributed by atoms with E-state index in [-0.39, 0.29) is 4.90 Å². The second kappa shape index (κ2) is 9.26. The Kier molecular flexibility index (Phi) is 6.01. The third-order valence-corrected chi connectivity index (χ3v) is 7.53. The van der Waals surface area contributed by atoms with E-state index in [1.807, 2.05) is 104 Å². The smallest absolute Gasteiger partial charge is 0.207 e. The highest BCUT2D eigenvalue weighted by Gasteiger charge is 2.24. The van der Waals surface area contributed by atoms with Gasteiger partial charge in [0.25, 0.3) is 0 Å². The number of hydrogen-bond acceptors (Lipinski definition) is 2. The first-order valence-electron chi connectivity index (χ1n) is 11.2. The van der Waals surface area contributed by atoms with Gasteiger partial charge in [0.2, 0.25) is 10.0 Å². The van der Waals surface area contributed by atoms with E-state index in [1.165, 1.54) is 0 Å². The Balaban J connectivity index is 1.61. The van der Waals surface area contributed by atoms with Gasteiger partial charge in [-0.05, 0) is 52.1 Å². The maximum absolute atomic E-state index is 13.4. The number of nitrogens with one attached hydrogen (secondary N) is 1. The molecule has 0 radical (unpaired) electrons. The Morgan fingerprint density at radius 3 is 1.97 bits per heavy atom. The molecule has 5 aromatic rings. The van der Waals surface area contributed by atoms with Gasteiger partial charge in [-0.1, -0.05) is 115 Å². The van der Waals surface area contributed by atoms with E-state index in [2.05, 4.69) is 16.9 Å². The molecule has 3 nitrogen and oxygen atoms in total. The van der Waals surface area contributed by atoms with E-state index in [4.69, 9.17) is 0 Å². The van der Waals surface area contributed by atoms with Gasteiger partial charge in [-0.3, -0.25) is 0 Å². The van der Waals surface area contributed by atoms with Gasteiger partial charge in [-0.2, -0.15) is 4.72 Å². The zero-order valence-electron chi connectivity index (χ0n) is 18.8. The summed E-state index contributed by atoms with van der Waals surface area (Å²) in [6.45, 7) is 1.94. The Labute approximate surface area is 200 Å². The summed E-state index contributed by atoms with van der Waals surface area (Å²) < 4.78 is 29.8. The molecule has 0 fully saturated rings. The van der Waals surface area contributed by atoms with Gasteiger partial charge in [0.1, 0.15) is 0 Å². The number of benzene rings is 5. The van der Waals surface area contributed by atoms with Crippen LogP contribution in [0.4, 0.5) is 0 Å². The second-order valence-corrected chi connectivity index (χ2v) is 10.1. The van der Waals surface area contributed by atoms with Crippen LogP contribution in [0.1, 0.15) is 22.7 Å². The van der Waals surface area contributed by atoms with E-state index >= 15 is 0 Å². The van der Waals surface area contributed by atoms with Crippen LogP contribution in [-0.4, -0.2) is 8.42 Å². The van der Waals surface area contributed by atoms with Crippen molar-refractivity contribution in [3.05, 3.63) is 138 Å². The van der Waals surface area contributed by atoms with Crippen molar-refractivity contribution in [1.29, 1.82) is 0 Å². The first kappa shape index (κ1) is 22.1. The summed E-state index contributed by atoms with van der Waals surface area (Å²) in [6, 6.07) is 38.7. The van der Waals surface area contributed by atoms with Crippen LogP contribution in [0.25, 0.3) is 21.9 Å². The molecular formula is C30H25NO2S. The molecule has 0 aromatic heterocycles. The fraction of sp³-hybridized carbons (Fsp3) is 0.0667. The quantitative estimate of drug-likeness (QED) is 0.298. The summed E-state index contributed by atoms with van der Waals surface area (Å²) in [4.78, 5) is 0.254. The van der Waals surface area contributed by atoms with Crippen LogP contribution in [0.5, 0.6) is 0 Å². The molecule has 5 aromatic carbocycles. The summed E-state index contributed by atoms with van der Waals surface area (Å²) >= 11 is 0. The highest BCUT2D eigenvalue weighted by atomic mass is 32.2. The van der Waals surface area contributed by atoms with Gasteiger partial charge in [0.15, 0.2) is 0 Å². The molecule has 0 saturated carbocycles. The number of aryl methyl sites for hydroxylation is 1. The molecular weight excluding hydrogens is 438 g/mol. The number of rotatable bonds is 6. The normalized spacial score (nSPS) is 12.5. The van der Waals surface area contributed by atoms with Crippen LogP contribution >= 0.6 is 0 Å². The van der Waals surface area contributed by atoms with E-state index < -0.39 is 16.1 Å². The summed E-state index contributed by atoms with van der Waals surface area (Å²) in [6.07, 6.45) is 0. The second-order valence-electron chi connectivity index (χ2n) is 8.42. The monoisotopic (exact) mass is 463 g/mol. The number of sulfonamides is 1. The lowest BCUT2D eigenvalue weighted by molar-refractivity contribution is 0.572. The topological polar surface area (TPSA) is 46.2 Å². The van der Waals surface area contributed by atoms with Crippen molar-refractivity contribution in [2.24, 2.45) is 0 Å². The molecule has 0 aliphatic heterocycles. The minimum absolute atomic E-state index is 0.254. The molecule has 0 bridgehead atoms. The molecule has 0 saturated heterocycles. The van der Waals surface area contributed by atoms with Gasteiger partial charge in [0, 0.05) is 0 Å². The molecule has 0 aliphatic carbocycles. The zero-order valence-corrected chi connectivity index (χ0v) is 19.7. The highest BCUT2D eigenvalue weighted by Crippen LogP contribution is 2.32. The molecule has 0 aliphatic rings. The van der Waals surface area contributed by atoms with E-state index in [0.29, 0.717) is 0 Å². The SMILES string of the molecule is Cc1ccc(S(=O)(=O)N[C@@H](c2ccc(-c3ccccc3)cc2)c2cccc3ccccc23)cc1. The van der Waals surface area contributed by atoms with Crippen LogP contribution in [0.15, 0.2) is 126 Å². The summed E-state index contributed by atoms with van der Waals surface area (Å²) in [5.74, 6) is 0. The standard InChI is InChI=1S/C30H25NO2S/c1-22-14-20-27(21-15-22)34(32,33)31-30(29-13-7-11-25-10-5-6-12-28(25)29)26-18-16-24(17-19-26)23-8-3-2-4-9-23/h2-21,30-31H,1H3/t30-/m0/s1. The molecule has 34 heavy (non-hydrogen) atoms. The Morgan fingerprint density at radius 1 is 0.618 bits per heavy atom. The van der Waals surface area contributed by atoms with Crippen molar-refractivity contribution < 1.29 is 8.42 Å². The first-order valence-corrected chi connectivity index (χ1v) is 12.7. The minimum atomic E-state index is -3.75. The maximum Gasteiger partial charge on any atom is 0.241 e. The molecule has 0 heterocycles. The van der Waals surface area contributed by atoms with Crippen molar-refractivity contribution in [3.8, 4) is 11.1 Å². The van der Waals surface area contributed by atoms with Crippen LogP contribution in [0, 0.1) is 6.92 Å². The zero-order chi connectivity index (χ0) is 23.5. The summed E-state index contributed by atoms with van der Waals surface area (Å²) in [7, 11) is -3.75. The molecule has 168 valence electrons. The van der Waals surface area contributed by atoms with Crippen molar-refractivity contribution in [2.75, 3.05) is 0 Å². The average molecular weight is 464 g/mol. The summed E-state index contributed by atoms with van der Waals surface area (Å²) in [5.41, 5.74) is 5.02. The van der Waals surface area contributed by atoms with Gasteiger partial charge in [-0.25, -0.2) is 8.42 Å². The Morgan fingerprint density at radius 2 is 1.24 bits per heavy atom. The number of hydrogen-bond donors (Lipinski definition) is 1. The molecule has 1 N–H and O–H groups in total. The van der Waals surface area contributed by atoms with Crippen LogP contribution in [-0.2, 0) is 10.0 Å². The lowest BCUT2D eigenvalue weighted by Crippen LogP contribution is -2.29. The van der Waals surface area contributed by atoms with Crippen molar-refractivity contribution >= 4 is 20.8 Å². The third kappa shape index (κ3) is 4.51. The van der Waals surface area contributed by atoms with E-state index in [1.54, 1.807) is 12.1 Å². The predicted octanol–water partition coefficient (Wildman–Crippen LogP) is 6.88. The third-order valence-electron chi connectivity index (χ3n) is 6.09. The van der Waals surface area contributed by atoms with Crippen molar-refractivity contribution in [2.45, 2.75) is 17.9 Å². The number of fused-ring (bicyclic) bond motifs is 1. The fourth-order valence-electron chi connectivity index (χ4n) is 4.25. The molecule has 1 atom stereocenters. The molecule has 0 spiro atoms. The molecule has 4 heteroatoms. The Bertz CT molecular complexity index is 1520. The van der Waals surface area contributed by atoms with Crippen LogP contribution in [0.2, 0.25) is 0 Å². The lowest BCUT2D eigenvalue weighted by Gasteiger charge is -2.22. The molecule has 0 amide bonds. The van der Waals surface area contributed by atoms with Crippen LogP contribution < -0.4 is 4.72 Å². The van der Waals surface area contributed by atoms with Crippen molar-refractivity contribution in [3.63, 3.8) is 0 Å². The average Bonchev–Trinajstić information content (AvgIpc) is 2.88. The first-order chi connectivity index (χ1) is 16.5. The fourth-order valence-corrected chi connectivity index (χ4v) is 5.46. The van der Waals surface area contributed by atoms with E-state index in [0.717, 1.165) is 38.6 Å². The van der Waals surface area contributed by atoms with Crippen molar-refractivity contribution in [1.82, 2.24) is 4.72 Å². The minimum Gasteiger partial charge on any atom is -0.207 e. The lowest BCUT2D eigenvalue weighted by atomic mass is 9.93. The summed E-state index contributed by atoms with van der Waals surface area (Å²) in [5, 5.41) is 2.09. The highest BCUT2D eigenvalue weighted by molar-refractivity contribution is 7.89. The van der Waals surface area contributed by atoms with E-state index in [9.17, 15) is 8.42 Å². The van der Waals surface area contributed by atoms with Gasteiger partial charge < -0.3 is 0 Å². The predicted molar refractivity (Wildman–Crippen MR) is 139 cm³/mol. The largest absolute Gasteiger partial charge is 0.241 e. The maximum atomic E-state index is 13.4. The van der Waals surface area contributed by atoms with Gasteiger partial charge in [-0.15, -0.1) is 0 Å². The van der Waals surface area contributed by atoms with Gasteiger partial charge in [0.05, 0.1) is 10.9 Å². The van der Waals surface area contributed by atoms with Gasteiger partial charge >= 0.3 is 0 Å². The molecule has 5 rings (SSSR count). The Hall–Kier alpha value is -3.73.